The van der Waals surface area contributed by atoms with Crippen molar-refractivity contribution in [3.8, 4) is 0 Å². The number of rotatable bonds is 3. The molecule has 1 aromatic heterocycles. The van der Waals surface area contributed by atoms with Gasteiger partial charge in [0.2, 0.25) is 0 Å². The van der Waals surface area contributed by atoms with E-state index in [0.717, 1.165) is 6.54 Å². The van der Waals surface area contributed by atoms with Crippen LogP contribution in [0, 0.1) is 3.57 Å². The number of aromatic nitrogens is 2. The molecule has 1 rings (SSSR count). The molecule has 0 aromatic carbocycles. The summed E-state index contributed by atoms with van der Waals surface area (Å²) in [5.74, 6) is 0. The molecule has 10 heavy (non-hydrogen) atoms. The van der Waals surface area contributed by atoms with Crippen molar-refractivity contribution in [2.24, 2.45) is 0 Å². The molecule has 56 valence electrons. The summed E-state index contributed by atoms with van der Waals surface area (Å²) in [5.41, 5.74) is 0. The van der Waals surface area contributed by atoms with Gasteiger partial charge in [0.25, 0.3) is 0 Å². The van der Waals surface area contributed by atoms with Crippen molar-refractivity contribution in [3.63, 3.8) is 0 Å². The average Bonchev–Trinajstić information content (AvgIpc) is 2.31. The highest BCUT2D eigenvalue weighted by molar-refractivity contribution is 14.1. The van der Waals surface area contributed by atoms with Crippen LogP contribution in [0.2, 0.25) is 0 Å². The maximum Gasteiger partial charge on any atom is 0.0623 e. The predicted molar refractivity (Wildman–Crippen MR) is 49.9 cm³/mol. The van der Waals surface area contributed by atoms with Crippen molar-refractivity contribution in [1.29, 1.82) is 0 Å². The normalized spacial score (nSPS) is 10.2. The molecule has 0 aliphatic rings. The summed E-state index contributed by atoms with van der Waals surface area (Å²) in [6.07, 6.45) is 6.40. The number of unbranched alkanes of at least 4 members (excludes halogenated alkanes) is 1. The van der Waals surface area contributed by atoms with Crippen molar-refractivity contribution in [3.05, 3.63) is 16.0 Å². The molecule has 2 nitrogen and oxygen atoms in total. The third kappa shape index (κ3) is 2.28. The maximum atomic E-state index is 4.16. The largest absolute Gasteiger partial charge is 0.272 e. The molecular weight excluding hydrogens is 239 g/mol. The smallest absolute Gasteiger partial charge is 0.0623 e. The molecule has 1 aromatic rings. The van der Waals surface area contributed by atoms with E-state index in [1.165, 1.54) is 16.4 Å². The Hall–Kier alpha value is -0.0600. The number of hydrogen-bond donors (Lipinski definition) is 0. The first-order valence-electron chi connectivity index (χ1n) is 3.51. The zero-order valence-corrected chi connectivity index (χ0v) is 8.21. The van der Waals surface area contributed by atoms with Gasteiger partial charge in [-0.2, -0.15) is 5.10 Å². The van der Waals surface area contributed by atoms with E-state index in [-0.39, 0.29) is 0 Å². The summed E-state index contributed by atoms with van der Waals surface area (Å²) in [6, 6.07) is 0. The minimum Gasteiger partial charge on any atom is -0.272 e. The fourth-order valence-electron chi connectivity index (χ4n) is 0.781. The van der Waals surface area contributed by atoms with Crippen molar-refractivity contribution in [1.82, 2.24) is 9.78 Å². The van der Waals surface area contributed by atoms with E-state index in [2.05, 4.69) is 40.8 Å². The molecule has 1 heterocycles. The van der Waals surface area contributed by atoms with Crippen LogP contribution in [-0.4, -0.2) is 9.78 Å². The van der Waals surface area contributed by atoms with Crippen LogP contribution in [0.4, 0.5) is 0 Å². The lowest BCUT2D eigenvalue weighted by atomic mass is 10.3. The monoisotopic (exact) mass is 250 g/mol. The second-order valence-corrected chi connectivity index (χ2v) is 3.52. The molecule has 0 radical (unpaired) electrons. The van der Waals surface area contributed by atoms with E-state index in [1.807, 2.05) is 10.9 Å². The van der Waals surface area contributed by atoms with Crippen LogP contribution in [-0.2, 0) is 6.54 Å². The molecule has 0 aliphatic carbocycles. The van der Waals surface area contributed by atoms with Gasteiger partial charge in [-0.1, -0.05) is 13.3 Å². The molecule has 0 bridgehead atoms. The highest BCUT2D eigenvalue weighted by Crippen LogP contribution is 2.02. The van der Waals surface area contributed by atoms with Gasteiger partial charge in [-0.05, 0) is 29.0 Å². The fourth-order valence-corrected chi connectivity index (χ4v) is 1.23. The van der Waals surface area contributed by atoms with Crippen molar-refractivity contribution in [2.45, 2.75) is 26.3 Å². The van der Waals surface area contributed by atoms with Crippen LogP contribution >= 0.6 is 22.6 Å². The van der Waals surface area contributed by atoms with E-state index in [0.29, 0.717) is 0 Å². The van der Waals surface area contributed by atoms with E-state index in [4.69, 9.17) is 0 Å². The second kappa shape index (κ2) is 3.95. The molecule has 0 fully saturated rings. The third-order valence-electron chi connectivity index (χ3n) is 1.34. The van der Waals surface area contributed by atoms with Crippen LogP contribution in [0.5, 0.6) is 0 Å². The highest BCUT2D eigenvalue weighted by atomic mass is 127. The summed E-state index contributed by atoms with van der Waals surface area (Å²) < 4.78 is 3.21. The van der Waals surface area contributed by atoms with Gasteiger partial charge in [0.05, 0.1) is 9.77 Å². The van der Waals surface area contributed by atoms with Crippen molar-refractivity contribution >= 4 is 22.6 Å². The molecule has 0 aliphatic heterocycles. The van der Waals surface area contributed by atoms with Crippen LogP contribution < -0.4 is 0 Å². The SMILES string of the molecule is CCCCn1cc(I)cn1. The number of halogens is 1. The van der Waals surface area contributed by atoms with Crippen molar-refractivity contribution in [2.75, 3.05) is 0 Å². The summed E-state index contributed by atoms with van der Waals surface area (Å²) in [4.78, 5) is 0. The fraction of sp³-hybridized carbons (Fsp3) is 0.571. The van der Waals surface area contributed by atoms with E-state index in [9.17, 15) is 0 Å². The number of aryl methyl sites for hydroxylation is 1. The van der Waals surface area contributed by atoms with E-state index in [1.54, 1.807) is 0 Å². The molecule has 0 atom stereocenters. The van der Waals surface area contributed by atoms with Crippen LogP contribution in [0.25, 0.3) is 0 Å². The molecule has 0 unspecified atom stereocenters. The molecule has 3 heteroatoms. The van der Waals surface area contributed by atoms with Gasteiger partial charge < -0.3 is 0 Å². The third-order valence-corrected chi connectivity index (χ3v) is 1.90. The summed E-state index contributed by atoms with van der Waals surface area (Å²) >= 11 is 2.27. The summed E-state index contributed by atoms with van der Waals surface area (Å²) in [7, 11) is 0. The molecule has 0 spiro atoms. The van der Waals surface area contributed by atoms with E-state index < -0.39 is 0 Å². The summed E-state index contributed by atoms with van der Waals surface area (Å²) in [5, 5.41) is 4.16. The highest BCUT2D eigenvalue weighted by Gasteiger charge is 1.91. The standard InChI is InChI=1S/C7H11IN2/c1-2-3-4-10-6-7(8)5-9-10/h5-6H,2-4H2,1H3. The van der Waals surface area contributed by atoms with Crippen molar-refractivity contribution < 1.29 is 0 Å². The Bertz CT molecular complexity index is 195. The Morgan fingerprint density at radius 3 is 3.00 bits per heavy atom. The molecule has 0 N–H and O–H groups in total. The van der Waals surface area contributed by atoms with Gasteiger partial charge in [0.15, 0.2) is 0 Å². The number of hydrogen-bond acceptors (Lipinski definition) is 1. The second-order valence-electron chi connectivity index (χ2n) is 2.28. The quantitative estimate of drug-likeness (QED) is 0.752. The topological polar surface area (TPSA) is 17.8 Å². The summed E-state index contributed by atoms with van der Waals surface area (Å²) in [6.45, 7) is 3.24. The number of nitrogens with zero attached hydrogens (tertiary/aromatic N) is 2. The molecular formula is C7H11IN2. The minimum absolute atomic E-state index is 1.06. The lowest BCUT2D eigenvalue weighted by Gasteiger charge is -1.96. The van der Waals surface area contributed by atoms with Crippen LogP contribution in [0.1, 0.15) is 19.8 Å². The Morgan fingerprint density at radius 2 is 2.50 bits per heavy atom. The van der Waals surface area contributed by atoms with E-state index >= 15 is 0 Å². The van der Waals surface area contributed by atoms with Crippen LogP contribution in [0.3, 0.4) is 0 Å². The molecule has 0 saturated carbocycles. The van der Waals surface area contributed by atoms with Gasteiger partial charge in [-0.15, -0.1) is 0 Å². The lowest BCUT2D eigenvalue weighted by Crippen LogP contribution is -1.96. The van der Waals surface area contributed by atoms with Gasteiger partial charge >= 0.3 is 0 Å². The first-order chi connectivity index (χ1) is 4.83. The molecule has 0 amide bonds. The van der Waals surface area contributed by atoms with Gasteiger partial charge in [-0.25, -0.2) is 0 Å². The van der Waals surface area contributed by atoms with Gasteiger partial charge in [0, 0.05) is 12.7 Å². The lowest BCUT2D eigenvalue weighted by molar-refractivity contribution is 0.571. The van der Waals surface area contributed by atoms with Gasteiger partial charge in [-0.3, -0.25) is 4.68 Å². The van der Waals surface area contributed by atoms with Gasteiger partial charge in [0.1, 0.15) is 0 Å². The first-order valence-corrected chi connectivity index (χ1v) is 4.58. The molecule has 0 saturated heterocycles. The Balaban J connectivity index is 2.42. The zero-order valence-electron chi connectivity index (χ0n) is 6.05. The average molecular weight is 250 g/mol. The first kappa shape index (κ1) is 8.04. The predicted octanol–water partition coefficient (Wildman–Crippen LogP) is 2.29. The Labute approximate surface area is 74.8 Å². The zero-order chi connectivity index (χ0) is 7.40. The Morgan fingerprint density at radius 1 is 1.70 bits per heavy atom. The van der Waals surface area contributed by atoms with Crippen LogP contribution in [0.15, 0.2) is 12.4 Å². The Kier molecular flexibility index (Phi) is 3.18. The minimum atomic E-state index is 1.06. The maximum absolute atomic E-state index is 4.16.